The SMILES string of the molecule is CCN(Cc1cccc2c1c1ccccc1n2CC)Cc1cccc2c1c1ccccc1n2CC. The molecule has 2 aromatic heterocycles. The van der Waals surface area contributed by atoms with E-state index in [9.17, 15) is 0 Å². The molecule has 3 heteroatoms. The lowest BCUT2D eigenvalue weighted by molar-refractivity contribution is 0.273. The van der Waals surface area contributed by atoms with Crippen molar-refractivity contribution in [1.29, 1.82) is 0 Å². The number of benzene rings is 4. The van der Waals surface area contributed by atoms with Gasteiger partial charge in [-0.05, 0) is 55.8 Å². The summed E-state index contributed by atoms with van der Waals surface area (Å²) in [4.78, 5) is 2.58. The second-order valence-corrected chi connectivity index (χ2v) is 9.45. The van der Waals surface area contributed by atoms with Crippen LogP contribution in [0.2, 0.25) is 0 Å². The maximum absolute atomic E-state index is 2.58. The second-order valence-electron chi connectivity index (χ2n) is 9.45. The van der Waals surface area contributed by atoms with Crippen molar-refractivity contribution in [2.45, 2.75) is 47.0 Å². The summed E-state index contributed by atoms with van der Waals surface area (Å²) in [5.74, 6) is 0. The Morgan fingerprint density at radius 1 is 0.514 bits per heavy atom. The lowest BCUT2D eigenvalue weighted by atomic mass is 10.0. The Morgan fingerprint density at radius 3 is 1.37 bits per heavy atom. The third-order valence-corrected chi connectivity index (χ3v) is 7.64. The number of aryl methyl sites for hydroxylation is 2. The standard InChI is InChI=1S/C32H33N3/c1-4-33(21-23-13-11-19-29-31(23)25-15-7-9-17-27(25)34(29)5-2)22-24-14-12-20-30-32(24)26-16-8-10-18-28(26)35(30)6-3/h7-20H,4-6,21-22H2,1-3H3. The van der Waals surface area contributed by atoms with Gasteiger partial charge in [0.05, 0.1) is 0 Å². The lowest BCUT2D eigenvalue weighted by Crippen LogP contribution is -2.22. The van der Waals surface area contributed by atoms with Gasteiger partial charge in [-0.15, -0.1) is 0 Å². The molecule has 0 saturated carbocycles. The van der Waals surface area contributed by atoms with Gasteiger partial charge in [-0.25, -0.2) is 0 Å². The van der Waals surface area contributed by atoms with E-state index >= 15 is 0 Å². The fourth-order valence-electron chi connectivity index (χ4n) is 6.05. The highest BCUT2D eigenvalue weighted by atomic mass is 15.1. The second kappa shape index (κ2) is 8.90. The van der Waals surface area contributed by atoms with Crippen LogP contribution in [0.25, 0.3) is 43.6 Å². The molecule has 176 valence electrons. The minimum Gasteiger partial charge on any atom is -0.341 e. The Hall–Kier alpha value is -3.56. The average molecular weight is 460 g/mol. The Labute approximate surface area is 207 Å². The van der Waals surface area contributed by atoms with Gasteiger partial charge in [-0.2, -0.15) is 0 Å². The average Bonchev–Trinajstić information content (AvgIpc) is 3.41. The van der Waals surface area contributed by atoms with Crippen LogP contribution in [0, 0.1) is 0 Å². The van der Waals surface area contributed by atoms with E-state index in [4.69, 9.17) is 0 Å². The third-order valence-electron chi connectivity index (χ3n) is 7.64. The molecule has 0 N–H and O–H groups in total. The summed E-state index contributed by atoms with van der Waals surface area (Å²) < 4.78 is 4.90. The highest BCUT2D eigenvalue weighted by molar-refractivity contribution is 6.10. The van der Waals surface area contributed by atoms with Crippen molar-refractivity contribution in [3.8, 4) is 0 Å². The van der Waals surface area contributed by atoms with E-state index in [0.29, 0.717) is 0 Å². The van der Waals surface area contributed by atoms with Crippen molar-refractivity contribution in [2.75, 3.05) is 6.54 Å². The summed E-state index contributed by atoms with van der Waals surface area (Å²) in [6, 6.07) is 31.4. The van der Waals surface area contributed by atoms with Gasteiger partial charge in [0.2, 0.25) is 0 Å². The number of hydrogen-bond donors (Lipinski definition) is 0. The number of nitrogens with zero attached hydrogens (tertiary/aromatic N) is 3. The number of para-hydroxylation sites is 2. The van der Waals surface area contributed by atoms with Crippen LogP contribution in [0.5, 0.6) is 0 Å². The summed E-state index contributed by atoms with van der Waals surface area (Å²) in [5.41, 5.74) is 8.17. The molecule has 0 atom stereocenters. The number of fused-ring (bicyclic) bond motifs is 6. The van der Waals surface area contributed by atoms with Gasteiger partial charge in [0, 0.05) is 69.8 Å². The topological polar surface area (TPSA) is 13.1 Å². The molecule has 0 bridgehead atoms. The molecule has 6 aromatic rings. The zero-order valence-corrected chi connectivity index (χ0v) is 21.0. The van der Waals surface area contributed by atoms with E-state index in [0.717, 1.165) is 32.7 Å². The van der Waals surface area contributed by atoms with Crippen LogP contribution in [-0.2, 0) is 26.2 Å². The quantitative estimate of drug-likeness (QED) is 0.236. The van der Waals surface area contributed by atoms with Gasteiger partial charge < -0.3 is 9.13 Å². The van der Waals surface area contributed by atoms with Gasteiger partial charge in [0.1, 0.15) is 0 Å². The molecule has 4 aromatic carbocycles. The Morgan fingerprint density at radius 2 is 0.943 bits per heavy atom. The number of hydrogen-bond acceptors (Lipinski definition) is 1. The molecular formula is C32H33N3. The minimum absolute atomic E-state index is 0.939. The third kappa shape index (κ3) is 3.45. The van der Waals surface area contributed by atoms with E-state index < -0.39 is 0 Å². The smallest absolute Gasteiger partial charge is 0.0494 e. The highest BCUT2D eigenvalue weighted by Gasteiger charge is 2.17. The van der Waals surface area contributed by atoms with Gasteiger partial charge in [-0.1, -0.05) is 67.6 Å². The molecule has 0 aliphatic heterocycles. The Bertz CT molecular complexity index is 1540. The van der Waals surface area contributed by atoms with E-state index in [2.05, 4.69) is 120 Å². The minimum atomic E-state index is 0.939. The number of aromatic nitrogens is 2. The summed E-state index contributed by atoms with van der Waals surface area (Å²) in [6.45, 7) is 11.6. The summed E-state index contributed by atoms with van der Waals surface area (Å²) in [7, 11) is 0. The van der Waals surface area contributed by atoms with Gasteiger partial charge in [0.15, 0.2) is 0 Å². The summed E-state index contributed by atoms with van der Waals surface area (Å²) in [6.07, 6.45) is 0. The van der Waals surface area contributed by atoms with Crippen LogP contribution < -0.4 is 0 Å². The van der Waals surface area contributed by atoms with E-state index in [1.165, 1.54) is 54.7 Å². The molecule has 35 heavy (non-hydrogen) atoms. The first kappa shape index (κ1) is 21.9. The predicted molar refractivity (Wildman–Crippen MR) is 150 cm³/mol. The molecule has 0 spiro atoms. The van der Waals surface area contributed by atoms with Gasteiger partial charge in [-0.3, -0.25) is 4.90 Å². The molecule has 0 fully saturated rings. The molecular weight excluding hydrogens is 426 g/mol. The Kier molecular flexibility index (Phi) is 5.58. The maximum atomic E-state index is 2.58. The van der Waals surface area contributed by atoms with Crippen molar-refractivity contribution >= 4 is 43.6 Å². The van der Waals surface area contributed by atoms with Crippen LogP contribution in [0.1, 0.15) is 31.9 Å². The molecule has 2 heterocycles. The van der Waals surface area contributed by atoms with Gasteiger partial charge >= 0.3 is 0 Å². The Balaban J connectivity index is 1.44. The zero-order chi connectivity index (χ0) is 23.9. The molecule has 0 aliphatic carbocycles. The number of rotatable bonds is 7. The van der Waals surface area contributed by atoms with Crippen molar-refractivity contribution in [3.05, 3.63) is 96.1 Å². The van der Waals surface area contributed by atoms with Crippen molar-refractivity contribution < 1.29 is 0 Å². The van der Waals surface area contributed by atoms with Crippen LogP contribution in [0.15, 0.2) is 84.9 Å². The molecule has 0 radical (unpaired) electrons. The molecule has 0 unspecified atom stereocenters. The van der Waals surface area contributed by atoms with Crippen LogP contribution in [-0.4, -0.2) is 20.6 Å². The maximum Gasteiger partial charge on any atom is 0.0494 e. The first-order chi connectivity index (χ1) is 17.2. The zero-order valence-electron chi connectivity index (χ0n) is 21.0. The molecule has 0 aliphatic rings. The lowest BCUT2D eigenvalue weighted by Gasteiger charge is -2.22. The van der Waals surface area contributed by atoms with Crippen LogP contribution in [0.4, 0.5) is 0 Å². The van der Waals surface area contributed by atoms with Crippen molar-refractivity contribution in [3.63, 3.8) is 0 Å². The van der Waals surface area contributed by atoms with Crippen LogP contribution >= 0.6 is 0 Å². The fraction of sp³-hybridized carbons (Fsp3) is 0.250. The largest absolute Gasteiger partial charge is 0.341 e. The normalized spacial score (nSPS) is 12.1. The van der Waals surface area contributed by atoms with Crippen molar-refractivity contribution in [1.82, 2.24) is 14.0 Å². The van der Waals surface area contributed by atoms with E-state index in [1.807, 2.05) is 0 Å². The van der Waals surface area contributed by atoms with Crippen molar-refractivity contribution in [2.24, 2.45) is 0 Å². The molecule has 0 saturated heterocycles. The monoisotopic (exact) mass is 459 g/mol. The summed E-state index contributed by atoms with van der Waals surface area (Å²) >= 11 is 0. The molecule has 6 rings (SSSR count). The highest BCUT2D eigenvalue weighted by Crippen LogP contribution is 2.34. The fourth-order valence-corrected chi connectivity index (χ4v) is 6.05. The summed E-state index contributed by atoms with van der Waals surface area (Å²) in [5, 5.41) is 5.54. The predicted octanol–water partition coefficient (Wildman–Crippen LogP) is 7.96. The van der Waals surface area contributed by atoms with E-state index in [1.54, 1.807) is 0 Å². The van der Waals surface area contributed by atoms with Gasteiger partial charge in [0.25, 0.3) is 0 Å². The first-order valence-electron chi connectivity index (χ1n) is 12.9. The van der Waals surface area contributed by atoms with E-state index in [-0.39, 0.29) is 0 Å². The molecule has 3 nitrogen and oxygen atoms in total. The first-order valence-corrected chi connectivity index (χ1v) is 12.9. The van der Waals surface area contributed by atoms with Crippen LogP contribution in [0.3, 0.4) is 0 Å². The molecule has 0 amide bonds.